The predicted molar refractivity (Wildman–Crippen MR) is 95.3 cm³/mol. The summed E-state index contributed by atoms with van der Waals surface area (Å²) in [4.78, 5) is 27.1. The standard InChI is InChI=1S/C19H19F2N3O3/c1-10-13(19(26)22-18-16(10)11(2)23-24(18)3)7-8-15(25)27-9-12-5-4-6-14(20)17(12)21/h4-6H,7-9H2,1-3H3,(H,22,26). The van der Waals surface area contributed by atoms with Gasteiger partial charge in [0.1, 0.15) is 12.3 Å². The number of H-pyrrole nitrogens is 1. The van der Waals surface area contributed by atoms with Gasteiger partial charge in [0.05, 0.1) is 5.69 Å². The van der Waals surface area contributed by atoms with E-state index in [1.165, 1.54) is 12.1 Å². The van der Waals surface area contributed by atoms with Crippen LogP contribution in [0, 0.1) is 25.5 Å². The van der Waals surface area contributed by atoms with Crippen LogP contribution in [0.5, 0.6) is 0 Å². The molecule has 0 amide bonds. The third-order valence-electron chi connectivity index (χ3n) is 4.56. The van der Waals surface area contributed by atoms with Crippen molar-refractivity contribution >= 4 is 17.0 Å². The summed E-state index contributed by atoms with van der Waals surface area (Å²) in [6.07, 6.45) is 0.127. The minimum atomic E-state index is -1.03. The van der Waals surface area contributed by atoms with Crippen LogP contribution in [0.15, 0.2) is 23.0 Å². The highest BCUT2D eigenvalue weighted by molar-refractivity contribution is 5.83. The summed E-state index contributed by atoms with van der Waals surface area (Å²) in [7, 11) is 1.74. The largest absolute Gasteiger partial charge is 0.461 e. The number of rotatable bonds is 5. The van der Waals surface area contributed by atoms with Gasteiger partial charge in [0, 0.05) is 30.0 Å². The smallest absolute Gasteiger partial charge is 0.306 e. The fourth-order valence-corrected chi connectivity index (χ4v) is 3.17. The zero-order chi connectivity index (χ0) is 19.7. The molecule has 0 aliphatic rings. The van der Waals surface area contributed by atoms with Gasteiger partial charge < -0.3 is 9.72 Å². The lowest BCUT2D eigenvalue weighted by Crippen LogP contribution is -2.17. The van der Waals surface area contributed by atoms with Crippen molar-refractivity contribution in [2.45, 2.75) is 33.3 Å². The number of nitrogens with one attached hydrogen (secondary N) is 1. The Bertz CT molecular complexity index is 1090. The van der Waals surface area contributed by atoms with Crippen molar-refractivity contribution in [3.05, 3.63) is 62.6 Å². The second-order valence-electron chi connectivity index (χ2n) is 6.36. The normalized spacial score (nSPS) is 11.1. The van der Waals surface area contributed by atoms with Crippen molar-refractivity contribution in [1.29, 1.82) is 0 Å². The topological polar surface area (TPSA) is 77.0 Å². The summed E-state index contributed by atoms with van der Waals surface area (Å²) >= 11 is 0. The maximum Gasteiger partial charge on any atom is 0.306 e. The van der Waals surface area contributed by atoms with Crippen molar-refractivity contribution in [2.24, 2.45) is 7.05 Å². The van der Waals surface area contributed by atoms with E-state index < -0.39 is 17.6 Å². The van der Waals surface area contributed by atoms with Gasteiger partial charge in [-0.1, -0.05) is 12.1 Å². The maximum atomic E-state index is 13.6. The van der Waals surface area contributed by atoms with Gasteiger partial charge in [-0.3, -0.25) is 14.3 Å². The molecule has 0 aliphatic carbocycles. The summed E-state index contributed by atoms with van der Waals surface area (Å²) in [6.45, 7) is 3.30. The van der Waals surface area contributed by atoms with E-state index in [4.69, 9.17) is 4.74 Å². The number of aryl methyl sites for hydroxylation is 3. The van der Waals surface area contributed by atoms with Crippen LogP contribution >= 0.6 is 0 Å². The fourth-order valence-electron chi connectivity index (χ4n) is 3.17. The monoisotopic (exact) mass is 375 g/mol. The van der Waals surface area contributed by atoms with E-state index in [9.17, 15) is 18.4 Å². The van der Waals surface area contributed by atoms with Crippen molar-refractivity contribution in [2.75, 3.05) is 0 Å². The van der Waals surface area contributed by atoms with E-state index in [0.717, 1.165) is 22.7 Å². The molecule has 0 bridgehead atoms. The minimum Gasteiger partial charge on any atom is -0.461 e. The lowest BCUT2D eigenvalue weighted by molar-refractivity contribution is -0.145. The van der Waals surface area contributed by atoms with Crippen LogP contribution in [0.3, 0.4) is 0 Å². The van der Waals surface area contributed by atoms with Crippen LogP contribution < -0.4 is 5.56 Å². The highest BCUT2D eigenvalue weighted by Gasteiger charge is 2.16. The number of pyridine rings is 1. The van der Waals surface area contributed by atoms with E-state index in [0.29, 0.717) is 11.2 Å². The Labute approximate surface area is 153 Å². The number of benzene rings is 1. The molecule has 1 N–H and O–H groups in total. The van der Waals surface area contributed by atoms with Gasteiger partial charge in [-0.15, -0.1) is 0 Å². The Kier molecular flexibility index (Phi) is 5.07. The van der Waals surface area contributed by atoms with Crippen molar-refractivity contribution < 1.29 is 18.3 Å². The second kappa shape index (κ2) is 7.30. The van der Waals surface area contributed by atoms with Gasteiger partial charge in [-0.25, -0.2) is 8.78 Å². The van der Waals surface area contributed by atoms with Crippen LogP contribution in [-0.2, 0) is 29.6 Å². The van der Waals surface area contributed by atoms with Crippen molar-refractivity contribution in [3.8, 4) is 0 Å². The number of ether oxygens (including phenoxy) is 1. The number of carbonyl (C=O) groups is 1. The third kappa shape index (κ3) is 3.60. The van der Waals surface area contributed by atoms with Crippen molar-refractivity contribution in [1.82, 2.24) is 14.8 Å². The number of fused-ring (bicyclic) bond motifs is 1. The molecule has 0 saturated carbocycles. The fraction of sp³-hybridized carbons (Fsp3) is 0.316. The van der Waals surface area contributed by atoms with Gasteiger partial charge in [0.25, 0.3) is 5.56 Å². The molecule has 8 heteroatoms. The lowest BCUT2D eigenvalue weighted by Gasteiger charge is -2.08. The van der Waals surface area contributed by atoms with E-state index in [1.54, 1.807) is 11.7 Å². The zero-order valence-electron chi connectivity index (χ0n) is 15.2. The Morgan fingerprint density at radius 2 is 2.04 bits per heavy atom. The summed E-state index contributed by atoms with van der Waals surface area (Å²) in [5.74, 6) is -2.62. The number of halogens is 2. The first kappa shape index (κ1) is 18.8. The molecular formula is C19H19F2N3O3. The predicted octanol–water partition coefficient (Wildman–Crippen LogP) is 2.83. The highest BCUT2D eigenvalue weighted by Crippen LogP contribution is 2.21. The second-order valence-corrected chi connectivity index (χ2v) is 6.36. The molecule has 142 valence electrons. The minimum absolute atomic E-state index is 0.0372. The molecule has 2 aromatic heterocycles. The van der Waals surface area contributed by atoms with Gasteiger partial charge >= 0.3 is 5.97 Å². The summed E-state index contributed by atoms with van der Waals surface area (Å²) in [6, 6.07) is 3.68. The van der Waals surface area contributed by atoms with Crippen LogP contribution in [0.4, 0.5) is 8.78 Å². The average molecular weight is 375 g/mol. The molecule has 3 rings (SSSR count). The quantitative estimate of drug-likeness (QED) is 0.696. The molecule has 0 fully saturated rings. The van der Waals surface area contributed by atoms with Gasteiger partial charge in [-0.05, 0) is 31.9 Å². The van der Waals surface area contributed by atoms with E-state index in [-0.39, 0.29) is 30.6 Å². The summed E-state index contributed by atoms with van der Waals surface area (Å²) in [5.41, 5.74) is 2.34. The Morgan fingerprint density at radius 1 is 1.30 bits per heavy atom. The molecule has 0 spiro atoms. The molecule has 6 nitrogen and oxygen atoms in total. The third-order valence-corrected chi connectivity index (χ3v) is 4.56. The van der Waals surface area contributed by atoms with E-state index in [1.807, 2.05) is 13.8 Å². The molecule has 27 heavy (non-hydrogen) atoms. The SMILES string of the molecule is Cc1nn(C)c2[nH]c(=O)c(CCC(=O)OCc3cccc(F)c3F)c(C)c12. The molecule has 2 heterocycles. The Balaban J connectivity index is 1.71. The summed E-state index contributed by atoms with van der Waals surface area (Å²) < 4.78 is 33.3. The van der Waals surface area contributed by atoms with Gasteiger partial charge in [0.15, 0.2) is 11.6 Å². The number of carbonyl (C=O) groups excluding carboxylic acids is 1. The van der Waals surface area contributed by atoms with E-state index >= 15 is 0 Å². The molecule has 0 radical (unpaired) electrons. The number of aromatic nitrogens is 3. The van der Waals surface area contributed by atoms with Crippen LogP contribution in [-0.4, -0.2) is 20.7 Å². The first-order chi connectivity index (χ1) is 12.8. The first-order valence-corrected chi connectivity index (χ1v) is 8.43. The number of aromatic amines is 1. The molecule has 0 atom stereocenters. The van der Waals surface area contributed by atoms with Gasteiger partial charge in [0.2, 0.25) is 0 Å². The van der Waals surface area contributed by atoms with Crippen molar-refractivity contribution in [3.63, 3.8) is 0 Å². The van der Waals surface area contributed by atoms with E-state index in [2.05, 4.69) is 10.1 Å². The lowest BCUT2D eigenvalue weighted by atomic mass is 10.0. The highest BCUT2D eigenvalue weighted by atomic mass is 19.2. The molecule has 3 aromatic rings. The Morgan fingerprint density at radius 3 is 2.78 bits per heavy atom. The number of hydrogen-bond acceptors (Lipinski definition) is 4. The van der Waals surface area contributed by atoms with Crippen LogP contribution in [0.2, 0.25) is 0 Å². The van der Waals surface area contributed by atoms with Gasteiger partial charge in [-0.2, -0.15) is 5.10 Å². The maximum absolute atomic E-state index is 13.6. The van der Waals surface area contributed by atoms with Crippen LogP contribution in [0.25, 0.3) is 11.0 Å². The molecule has 0 unspecified atom stereocenters. The number of esters is 1. The molecule has 1 aromatic carbocycles. The first-order valence-electron chi connectivity index (χ1n) is 8.43. The average Bonchev–Trinajstić information content (AvgIpc) is 2.89. The summed E-state index contributed by atoms with van der Waals surface area (Å²) in [5, 5.41) is 5.14. The van der Waals surface area contributed by atoms with Crippen LogP contribution in [0.1, 0.15) is 28.8 Å². The number of nitrogens with zero attached hydrogens (tertiary/aromatic N) is 2. The Hall–Kier alpha value is -3.03. The molecule has 0 saturated heterocycles. The molecular weight excluding hydrogens is 356 g/mol. The zero-order valence-corrected chi connectivity index (χ0v) is 15.2. The number of hydrogen-bond donors (Lipinski definition) is 1. The molecule has 0 aliphatic heterocycles.